The number of benzene rings is 1. The molecule has 20 heavy (non-hydrogen) atoms. The molecule has 0 saturated carbocycles. The number of carbonyl (C=O) groups excluding carboxylic acids is 3. The normalized spacial score (nSPS) is 11.3. The zero-order chi connectivity index (χ0) is 15.1. The summed E-state index contributed by atoms with van der Waals surface area (Å²) >= 11 is 0. The number of methoxy groups -OCH3 is 3. The van der Waals surface area contributed by atoms with Crippen LogP contribution in [0, 0.1) is 5.92 Å². The van der Waals surface area contributed by atoms with Crippen LogP contribution >= 0.6 is 0 Å². The first-order valence-corrected chi connectivity index (χ1v) is 5.87. The molecule has 1 aromatic carbocycles. The van der Waals surface area contributed by atoms with Crippen molar-refractivity contribution in [1.82, 2.24) is 0 Å². The summed E-state index contributed by atoms with van der Waals surface area (Å²) < 4.78 is 14.1. The van der Waals surface area contributed by atoms with Crippen LogP contribution in [-0.2, 0) is 19.1 Å². The molecule has 0 heterocycles. The van der Waals surface area contributed by atoms with E-state index >= 15 is 0 Å². The van der Waals surface area contributed by atoms with Gasteiger partial charge in [-0.05, 0) is 12.1 Å². The van der Waals surface area contributed by atoms with E-state index in [0.717, 1.165) is 7.11 Å². The van der Waals surface area contributed by atoms with Crippen LogP contribution in [0.15, 0.2) is 24.3 Å². The van der Waals surface area contributed by atoms with E-state index in [9.17, 15) is 14.4 Å². The van der Waals surface area contributed by atoms with Gasteiger partial charge in [-0.1, -0.05) is 12.1 Å². The summed E-state index contributed by atoms with van der Waals surface area (Å²) in [5, 5.41) is 0. The van der Waals surface area contributed by atoms with E-state index in [1.54, 1.807) is 18.2 Å². The first-order chi connectivity index (χ1) is 9.54. The number of Topliss-reactive ketones (excluding diaryl/α,β-unsaturated/α-hetero) is 1. The molecule has 0 saturated heterocycles. The van der Waals surface area contributed by atoms with Gasteiger partial charge in [0.15, 0.2) is 5.78 Å². The SMILES string of the molecule is COC(=O)CC(C(=O)OC)C(=O)c1ccccc1OC. The van der Waals surface area contributed by atoms with Crippen molar-refractivity contribution >= 4 is 17.7 Å². The molecule has 108 valence electrons. The molecular weight excluding hydrogens is 264 g/mol. The first-order valence-electron chi connectivity index (χ1n) is 5.87. The second-order valence-corrected chi connectivity index (χ2v) is 3.92. The molecule has 0 aromatic heterocycles. The Kier molecular flexibility index (Phi) is 5.71. The third-order valence-electron chi connectivity index (χ3n) is 2.77. The molecule has 6 nitrogen and oxygen atoms in total. The van der Waals surface area contributed by atoms with E-state index in [2.05, 4.69) is 9.47 Å². The van der Waals surface area contributed by atoms with Gasteiger partial charge in [0, 0.05) is 0 Å². The molecule has 1 atom stereocenters. The highest BCUT2D eigenvalue weighted by Crippen LogP contribution is 2.23. The lowest BCUT2D eigenvalue weighted by atomic mass is 9.94. The first kappa shape index (κ1) is 15.7. The molecule has 1 unspecified atom stereocenters. The van der Waals surface area contributed by atoms with Crippen molar-refractivity contribution in [3.63, 3.8) is 0 Å². The van der Waals surface area contributed by atoms with Crippen molar-refractivity contribution in [3.8, 4) is 5.75 Å². The van der Waals surface area contributed by atoms with Gasteiger partial charge in [0.1, 0.15) is 11.7 Å². The second-order valence-electron chi connectivity index (χ2n) is 3.92. The van der Waals surface area contributed by atoms with Crippen molar-refractivity contribution in [3.05, 3.63) is 29.8 Å². The van der Waals surface area contributed by atoms with Gasteiger partial charge in [-0.2, -0.15) is 0 Å². The highest BCUT2D eigenvalue weighted by Gasteiger charge is 2.32. The molecule has 1 aromatic rings. The van der Waals surface area contributed by atoms with Crippen LogP contribution in [-0.4, -0.2) is 39.1 Å². The summed E-state index contributed by atoms with van der Waals surface area (Å²) in [6.07, 6.45) is -0.375. The van der Waals surface area contributed by atoms with Crippen LogP contribution in [0.25, 0.3) is 0 Å². The van der Waals surface area contributed by atoms with Crippen molar-refractivity contribution in [1.29, 1.82) is 0 Å². The Labute approximate surface area is 116 Å². The standard InChI is InChI=1S/C14H16O6/c1-18-11-7-5-4-6-9(11)13(16)10(14(17)20-3)8-12(15)19-2/h4-7,10H,8H2,1-3H3. The number of rotatable bonds is 6. The Bertz CT molecular complexity index is 508. The lowest BCUT2D eigenvalue weighted by molar-refractivity contribution is -0.150. The number of esters is 2. The fourth-order valence-corrected chi connectivity index (χ4v) is 1.71. The zero-order valence-electron chi connectivity index (χ0n) is 11.5. The highest BCUT2D eigenvalue weighted by atomic mass is 16.5. The topological polar surface area (TPSA) is 78.9 Å². The number of para-hydroxylation sites is 1. The van der Waals surface area contributed by atoms with Gasteiger partial charge in [0.2, 0.25) is 0 Å². The van der Waals surface area contributed by atoms with Crippen LogP contribution in [0.3, 0.4) is 0 Å². The maximum atomic E-state index is 12.4. The predicted octanol–water partition coefficient (Wildman–Crippen LogP) is 1.23. The summed E-state index contributed by atoms with van der Waals surface area (Å²) in [7, 11) is 3.76. The van der Waals surface area contributed by atoms with Crippen LogP contribution in [0.2, 0.25) is 0 Å². The third kappa shape index (κ3) is 3.57. The summed E-state index contributed by atoms with van der Waals surface area (Å²) in [4.78, 5) is 35.4. The smallest absolute Gasteiger partial charge is 0.317 e. The van der Waals surface area contributed by atoms with Gasteiger partial charge >= 0.3 is 11.9 Å². The Hall–Kier alpha value is -2.37. The van der Waals surface area contributed by atoms with E-state index < -0.39 is 23.6 Å². The van der Waals surface area contributed by atoms with Crippen molar-refractivity contribution in [2.75, 3.05) is 21.3 Å². The van der Waals surface area contributed by atoms with Crippen LogP contribution < -0.4 is 4.74 Å². The number of hydrogen-bond donors (Lipinski definition) is 0. The lowest BCUT2D eigenvalue weighted by Gasteiger charge is -2.14. The van der Waals surface area contributed by atoms with E-state index in [0.29, 0.717) is 5.75 Å². The summed E-state index contributed by atoms with van der Waals surface area (Å²) in [5.41, 5.74) is 0.217. The Balaban J connectivity index is 3.09. The molecule has 0 N–H and O–H groups in total. The monoisotopic (exact) mass is 280 g/mol. The maximum absolute atomic E-state index is 12.4. The largest absolute Gasteiger partial charge is 0.496 e. The van der Waals surface area contributed by atoms with Gasteiger partial charge in [-0.15, -0.1) is 0 Å². The van der Waals surface area contributed by atoms with E-state index in [1.807, 2.05) is 0 Å². The third-order valence-corrected chi connectivity index (χ3v) is 2.77. The van der Waals surface area contributed by atoms with Gasteiger partial charge < -0.3 is 14.2 Å². The van der Waals surface area contributed by atoms with Crippen LogP contribution in [0.4, 0.5) is 0 Å². The summed E-state index contributed by atoms with van der Waals surface area (Å²) in [6, 6.07) is 6.46. The fourth-order valence-electron chi connectivity index (χ4n) is 1.71. The minimum absolute atomic E-state index is 0.217. The molecule has 0 aliphatic rings. The van der Waals surface area contributed by atoms with Gasteiger partial charge in [0.05, 0.1) is 33.3 Å². The number of ether oxygens (including phenoxy) is 3. The molecule has 0 aliphatic carbocycles. The summed E-state index contributed by atoms with van der Waals surface area (Å²) in [5.74, 6) is -2.91. The quantitative estimate of drug-likeness (QED) is 0.443. The highest BCUT2D eigenvalue weighted by molar-refractivity contribution is 6.11. The van der Waals surface area contributed by atoms with E-state index in [-0.39, 0.29) is 12.0 Å². The van der Waals surface area contributed by atoms with E-state index in [1.165, 1.54) is 20.3 Å². The molecule has 6 heteroatoms. The molecule has 0 fully saturated rings. The fraction of sp³-hybridized carbons (Fsp3) is 0.357. The van der Waals surface area contributed by atoms with Crippen molar-refractivity contribution in [2.45, 2.75) is 6.42 Å². The molecule has 0 aliphatic heterocycles. The van der Waals surface area contributed by atoms with E-state index in [4.69, 9.17) is 4.74 Å². The zero-order valence-corrected chi connectivity index (χ0v) is 11.5. The van der Waals surface area contributed by atoms with Crippen LogP contribution in [0.5, 0.6) is 5.75 Å². The molecule has 0 spiro atoms. The van der Waals surface area contributed by atoms with Gasteiger partial charge in [0.25, 0.3) is 0 Å². The lowest BCUT2D eigenvalue weighted by Crippen LogP contribution is -2.28. The summed E-state index contributed by atoms with van der Waals surface area (Å²) in [6.45, 7) is 0. The average molecular weight is 280 g/mol. The Morgan fingerprint density at radius 2 is 1.70 bits per heavy atom. The molecule has 0 bridgehead atoms. The molecule has 0 radical (unpaired) electrons. The second kappa shape index (κ2) is 7.28. The number of carbonyl (C=O) groups is 3. The number of hydrogen-bond acceptors (Lipinski definition) is 6. The van der Waals surface area contributed by atoms with Gasteiger partial charge in [-0.3, -0.25) is 14.4 Å². The van der Waals surface area contributed by atoms with Crippen molar-refractivity contribution < 1.29 is 28.6 Å². The van der Waals surface area contributed by atoms with Crippen molar-refractivity contribution in [2.24, 2.45) is 5.92 Å². The average Bonchev–Trinajstić information content (AvgIpc) is 2.50. The minimum Gasteiger partial charge on any atom is -0.496 e. The Morgan fingerprint density at radius 3 is 2.25 bits per heavy atom. The molecule has 0 amide bonds. The minimum atomic E-state index is -1.25. The number of ketones is 1. The van der Waals surface area contributed by atoms with Crippen LogP contribution in [0.1, 0.15) is 16.8 Å². The maximum Gasteiger partial charge on any atom is 0.317 e. The molecule has 1 rings (SSSR count). The molecular formula is C14H16O6. The van der Waals surface area contributed by atoms with Gasteiger partial charge in [-0.25, -0.2) is 0 Å². The Morgan fingerprint density at radius 1 is 1.05 bits per heavy atom. The predicted molar refractivity (Wildman–Crippen MR) is 69.5 cm³/mol.